The van der Waals surface area contributed by atoms with Crippen molar-refractivity contribution in [3.63, 3.8) is 0 Å². The monoisotopic (exact) mass is 344 g/mol. The van der Waals surface area contributed by atoms with E-state index in [1.165, 1.54) is 0 Å². The smallest absolute Gasteiger partial charge is 0.246 e. The van der Waals surface area contributed by atoms with Crippen LogP contribution in [0.1, 0.15) is 31.7 Å². The van der Waals surface area contributed by atoms with Gasteiger partial charge in [0.1, 0.15) is 4.90 Å². The Balaban J connectivity index is 2.15. The first-order valence-corrected chi connectivity index (χ1v) is 9.49. The van der Waals surface area contributed by atoms with Gasteiger partial charge in [0.25, 0.3) is 0 Å². The van der Waals surface area contributed by atoms with Crippen LogP contribution >= 0.6 is 0 Å². The van der Waals surface area contributed by atoms with Gasteiger partial charge in [0.2, 0.25) is 10.0 Å². The average molecular weight is 344 g/mol. The lowest BCUT2D eigenvalue weighted by Crippen LogP contribution is -2.58. The summed E-state index contributed by atoms with van der Waals surface area (Å²) in [6.07, 6.45) is 0.956. The highest BCUT2D eigenvalue weighted by atomic mass is 32.2. The zero-order chi connectivity index (χ0) is 17.2. The molecule has 1 aliphatic heterocycles. The number of H-pyrrole nitrogens is 1. The lowest BCUT2D eigenvalue weighted by molar-refractivity contribution is 0.0665. The van der Waals surface area contributed by atoms with E-state index in [0.717, 1.165) is 19.6 Å². The first-order valence-electron chi connectivity index (χ1n) is 8.05. The normalized spacial score (nSPS) is 24.2. The number of ether oxygens (including phenoxy) is 1. The van der Waals surface area contributed by atoms with Crippen LogP contribution in [0.5, 0.6) is 0 Å². The molecule has 23 heavy (non-hydrogen) atoms. The number of nitrogens with one attached hydrogen (secondary N) is 1. The van der Waals surface area contributed by atoms with Crippen LogP contribution in [-0.2, 0) is 14.8 Å². The molecule has 132 valence electrons. The molecule has 0 aromatic carbocycles. The van der Waals surface area contributed by atoms with Crippen LogP contribution in [0.3, 0.4) is 0 Å². The van der Waals surface area contributed by atoms with Gasteiger partial charge in [-0.15, -0.1) is 0 Å². The Morgan fingerprint density at radius 1 is 1.26 bits per heavy atom. The predicted octanol–water partition coefficient (Wildman–Crippen LogP) is 1.15. The molecule has 1 fully saturated rings. The molecule has 1 saturated heterocycles. The number of nitrogens with zero attached hydrogens (tertiary/aromatic N) is 3. The zero-order valence-electron chi connectivity index (χ0n) is 14.7. The lowest BCUT2D eigenvalue weighted by atomic mass is 10.1. The highest BCUT2D eigenvalue weighted by Crippen LogP contribution is 2.26. The maximum Gasteiger partial charge on any atom is 0.246 e. The Morgan fingerprint density at radius 3 is 2.35 bits per heavy atom. The topological polar surface area (TPSA) is 78.5 Å². The van der Waals surface area contributed by atoms with Crippen LogP contribution in [0, 0.1) is 13.8 Å². The van der Waals surface area contributed by atoms with Crippen LogP contribution in [-0.4, -0.2) is 73.3 Å². The summed E-state index contributed by atoms with van der Waals surface area (Å²) in [6.45, 7) is 10.3. The second-order valence-electron chi connectivity index (χ2n) is 6.37. The predicted molar refractivity (Wildman–Crippen MR) is 88.9 cm³/mol. The molecule has 0 spiro atoms. The van der Waals surface area contributed by atoms with Gasteiger partial charge in [-0.2, -0.15) is 9.40 Å². The number of aryl methyl sites for hydroxylation is 2. The van der Waals surface area contributed by atoms with Crippen molar-refractivity contribution >= 4 is 10.0 Å². The SMILES string of the molecule is COCCCN1C(C)CN(S(=O)(=O)c2c(C)n[nH]c2C)CC1C. The lowest BCUT2D eigenvalue weighted by Gasteiger charge is -2.43. The van der Waals surface area contributed by atoms with Crippen molar-refractivity contribution in [2.24, 2.45) is 0 Å². The summed E-state index contributed by atoms with van der Waals surface area (Å²) < 4.78 is 32.7. The molecule has 2 rings (SSSR count). The number of sulfonamides is 1. The highest BCUT2D eigenvalue weighted by molar-refractivity contribution is 7.89. The fraction of sp³-hybridized carbons (Fsp3) is 0.800. The molecule has 0 bridgehead atoms. The third kappa shape index (κ3) is 3.76. The molecule has 8 heteroatoms. The minimum atomic E-state index is -3.51. The summed E-state index contributed by atoms with van der Waals surface area (Å²) >= 11 is 0. The number of aromatic nitrogens is 2. The van der Waals surface area contributed by atoms with Crippen molar-refractivity contribution < 1.29 is 13.2 Å². The van der Waals surface area contributed by atoms with Crippen LogP contribution in [0.2, 0.25) is 0 Å². The van der Waals surface area contributed by atoms with Crippen LogP contribution in [0.4, 0.5) is 0 Å². The van der Waals surface area contributed by atoms with Gasteiger partial charge in [-0.1, -0.05) is 0 Å². The highest BCUT2D eigenvalue weighted by Gasteiger charge is 2.37. The van der Waals surface area contributed by atoms with Crippen molar-refractivity contribution in [2.45, 2.75) is 51.1 Å². The van der Waals surface area contributed by atoms with Gasteiger partial charge >= 0.3 is 0 Å². The molecule has 0 radical (unpaired) electrons. The second-order valence-corrected chi connectivity index (χ2v) is 8.24. The number of methoxy groups -OCH3 is 1. The molecule has 1 aromatic heterocycles. The van der Waals surface area contributed by atoms with E-state index >= 15 is 0 Å². The largest absolute Gasteiger partial charge is 0.385 e. The van der Waals surface area contributed by atoms with E-state index in [-0.39, 0.29) is 12.1 Å². The maximum atomic E-state index is 13.0. The molecular formula is C15H28N4O3S. The molecule has 1 aromatic rings. The van der Waals surface area contributed by atoms with E-state index in [9.17, 15) is 8.42 Å². The van der Waals surface area contributed by atoms with Gasteiger partial charge < -0.3 is 4.74 Å². The van der Waals surface area contributed by atoms with Crippen LogP contribution in [0.15, 0.2) is 4.90 Å². The molecule has 7 nitrogen and oxygen atoms in total. The first kappa shape index (κ1) is 18.4. The summed E-state index contributed by atoms with van der Waals surface area (Å²) in [6, 6.07) is 0.357. The number of hydrogen-bond acceptors (Lipinski definition) is 5. The summed E-state index contributed by atoms with van der Waals surface area (Å²) in [5.41, 5.74) is 1.13. The van der Waals surface area contributed by atoms with E-state index in [1.807, 2.05) is 0 Å². The molecule has 2 heterocycles. The summed E-state index contributed by atoms with van der Waals surface area (Å²) in [5.74, 6) is 0. The molecule has 1 aliphatic rings. The number of hydrogen-bond donors (Lipinski definition) is 1. The van der Waals surface area contributed by atoms with E-state index in [4.69, 9.17) is 4.74 Å². The minimum Gasteiger partial charge on any atom is -0.385 e. The van der Waals surface area contributed by atoms with Gasteiger partial charge in [0.15, 0.2) is 0 Å². The van der Waals surface area contributed by atoms with Crippen molar-refractivity contribution in [3.05, 3.63) is 11.4 Å². The van der Waals surface area contributed by atoms with E-state index in [2.05, 4.69) is 28.9 Å². The third-order valence-electron chi connectivity index (χ3n) is 4.49. The number of rotatable bonds is 6. The van der Waals surface area contributed by atoms with Gasteiger partial charge in [0.05, 0.1) is 11.4 Å². The maximum absolute atomic E-state index is 13.0. The van der Waals surface area contributed by atoms with Crippen LogP contribution < -0.4 is 0 Å². The van der Waals surface area contributed by atoms with E-state index in [0.29, 0.717) is 29.4 Å². The molecule has 2 atom stereocenters. The van der Waals surface area contributed by atoms with Gasteiger partial charge in [-0.25, -0.2) is 8.42 Å². The van der Waals surface area contributed by atoms with Crippen molar-refractivity contribution in [2.75, 3.05) is 33.4 Å². The van der Waals surface area contributed by atoms with Gasteiger partial charge in [-0.05, 0) is 34.1 Å². The molecule has 0 amide bonds. The minimum absolute atomic E-state index is 0.179. The second kappa shape index (κ2) is 7.29. The summed E-state index contributed by atoms with van der Waals surface area (Å²) in [5, 5.41) is 6.79. The summed E-state index contributed by atoms with van der Waals surface area (Å²) in [4.78, 5) is 2.69. The molecule has 2 unspecified atom stereocenters. The molecular weight excluding hydrogens is 316 g/mol. The van der Waals surface area contributed by atoms with Crippen LogP contribution in [0.25, 0.3) is 0 Å². The quantitative estimate of drug-likeness (QED) is 0.783. The number of aromatic amines is 1. The standard InChI is InChI=1S/C15H28N4O3S/c1-11-9-18(10-12(2)19(11)7-6-8-22-5)23(20,21)15-13(3)16-17-14(15)4/h11-12H,6-10H2,1-5H3,(H,16,17). The van der Waals surface area contributed by atoms with Gasteiger partial charge in [0, 0.05) is 45.4 Å². The van der Waals surface area contributed by atoms with Crippen molar-refractivity contribution in [1.82, 2.24) is 19.4 Å². The third-order valence-corrected chi connectivity index (χ3v) is 6.59. The Morgan fingerprint density at radius 2 is 1.87 bits per heavy atom. The molecule has 1 N–H and O–H groups in total. The fourth-order valence-electron chi connectivity index (χ4n) is 3.39. The fourth-order valence-corrected chi connectivity index (χ4v) is 5.32. The summed E-state index contributed by atoms with van der Waals surface area (Å²) in [7, 11) is -1.80. The average Bonchev–Trinajstić information content (AvgIpc) is 2.81. The van der Waals surface area contributed by atoms with Gasteiger partial charge in [-0.3, -0.25) is 10.00 Å². The van der Waals surface area contributed by atoms with E-state index in [1.54, 1.807) is 25.3 Å². The van der Waals surface area contributed by atoms with Crippen molar-refractivity contribution in [3.8, 4) is 0 Å². The Hall–Kier alpha value is -0.960. The Labute approximate surface area is 139 Å². The molecule has 0 saturated carbocycles. The van der Waals surface area contributed by atoms with E-state index < -0.39 is 10.0 Å². The molecule has 0 aliphatic carbocycles. The Bertz CT molecular complexity index is 597. The first-order chi connectivity index (χ1) is 10.8. The number of piperazine rings is 1. The zero-order valence-corrected chi connectivity index (χ0v) is 15.5. The Kier molecular flexibility index (Phi) is 5.83. The van der Waals surface area contributed by atoms with Crippen molar-refractivity contribution in [1.29, 1.82) is 0 Å².